The fourth-order valence-corrected chi connectivity index (χ4v) is 3.64. The molecule has 128 valence electrons. The van der Waals surface area contributed by atoms with Crippen molar-refractivity contribution in [3.05, 3.63) is 64.2 Å². The maximum absolute atomic E-state index is 12.4. The molecule has 0 saturated carbocycles. The molecule has 0 unspecified atom stereocenters. The highest BCUT2D eigenvalue weighted by Crippen LogP contribution is 2.17. The molecule has 0 bridgehead atoms. The molecule has 24 heavy (non-hydrogen) atoms. The molecule has 2 rings (SSSR count). The van der Waals surface area contributed by atoms with E-state index in [1.54, 1.807) is 19.1 Å². The zero-order chi connectivity index (χ0) is 17.7. The number of sulfonamides is 1. The lowest BCUT2D eigenvalue weighted by Gasteiger charge is -2.10. The topological polar surface area (TPSA) is 72.5 Å². The highest BCUT2D eigenvalue weighted by molar-refractivity contribution is 7.89. The Labute approximate surface area is 146 Å². The molecule has 2 aromatic carbocycles. The number of carbonyl (C=O) groups is 1. The van der Waals surface area contributed by atoms with Crippen molar-refractivity contribution >= 4 is 27.6 Å². The number of esters is 1. The summed E-state index contributed by atoms with van der Waals surface area (Å²) in [6.45, 7) is 1.91. The Bertz CT molecular complexity index is 832. The summed E-state index contributed by atoms with van der Waals surface area (Å²) in [5.74, 6) is -0.502. The molecule has 5 nitrogen and oxygen atoms in total. The summed E-state index contributed by atoms with van der Waals surface area (Å²) in [6, 6.07) is 11.6. The Morgan fingerprint density at radius 2 is 1.83 bits per heavy atom. The molecule has 0 aliphatic heterocycles. The summed E-state index contributed by atoms with van der Waals surface area (Å²) in [4.78, 5) is 11.6. The number of methoxy groups -OCH3 is 1. The van der Waals surface area contributed by atoms with E-state index in [-0.39, 0.29) is 11.4 Å². The van der Waals surface area contributed by atoms with Gasteiger partial charge >= 0.3 is 5.97 Å². The van der Waals surface area contributed by atoms with Crippen LogP contribution in [0.25, 0.3) is 0 Å². The summed E-state index contributed by atoms with van der Waals surface area (Å²) in [5, 5.41) is 0.639. The van der Waals surface area contributed by atoms with Crippen molar-refractivity contribution in [2.24, 2.45) is 0 Å². The first-order chi connectivity index (χ1) is 11.3. The lowest BCUT2D eigenvalue weighted by molar-refractivity contribution is 0.0600. The first kappa shape index (κ1) is 18.4. The van der Waals surface area contributed by atoms with Gasteiger partial charge in [0.1, 0.15) is 0 Å². The average molecular weight is 368 g/mol. The van der Waals surface area contributed by atoms with Gasteiger partial charge in [0.25, 0.3) is 0 Å². The van der Waals surface area contributed by atoms with Crippen LogP contribution in [0.2, 0.25) is 5.02 Å². The molecule has 7 heteroatoms. The summed E-state index contributed by atoms with van der Waals surface area (Å²) >= 11 is 5.82. The van der Waals surface area contributed by atoms with Crippen molar-refractivity contribution in [1.82, 2.24) is 4.72 Å². The van der Waals surface area contributed by atoms with E-state index in [9.17, 15) is 13.2 Å². The van der Waals surface area contributed by atoms with Crippen LogP contribution in [0.1, 0.15) is 21.5 Å². The van der Waals surface area contributed by atoms with Gasteiger partial charge in [-0.25, -0.2) is 17.9 Å². The summed E-state index contributed by atoms with van der Waals surface area (Å²) in [6.07, 6.45) is 0.551. The largest absolute Gasteiger partial charge is 0.465 e. The summed E-state index contributed by atoms with van der Waals surface area (Å²) in [7, 11) is -2.37. The van der Waals surface area contributed by atoms with Gasteiger partial charge in [0.2, 0.25) is 10.0 Å². The molecule has 0 amide bonds. The molecular formula is C17H18ClNO4S. The molecule has 1 N–H and O–H groups in total. The molecule has 0 spiro atoms. The van der Waals surface area contributed by atoms with Gasteiger partial charge in [0, 0.05) is 11.6 Å². The van der Waals surface area contributed by atoms with Crippen LogP contribution in [0.5, 0.6) is 0 Å². The fraction of sp³-hybridized carbons (Fsp3) is 0.235. The second-order valence-electron chi connectivity index (χ2n) is 5.25. The van der Waals surface area contributed by atoms with Crippen molar-refractivity contribution in [1.29, 1.82) is 0 Å². The van der Waals surface area contributed by atoms with E-state index >= 15 is 0 Å². The van der Waals surface area contributed by atoms with Gasteiger partial charge in [-0.3, -0.25) is 0 Å². The normalized spacial score (nSPS) is 11.3. The number of rotatable bonds is 6. The molecule has 0 aliphatic carbocycles. The number of benzene rings is 2. The van der Waals surface area contributed by atoms with Gasteiger partial charge in [-0.2, -0.15) is 0 Å². The Hall–Kier alpha value is -1.89. The third kappa shape index (κ3) is 4.56. The zero-order valence-corrected chi connectivity index (χ0v) is 14.9. The van der Waals surface area contributed by atoms with E-state index in [4.69, 9.17) is 11.6 Å². The molecule has 2 aromatic rings. The monoisotopic (exact) mass is 367 g/mol. The first-order valence-electron chi connectivity index (χ1n) is 7.26. The van der Waals surface area contributed by atoms with Gasteiger partial charge in [0.15, 0.2) is 0 Å². The van der Waals surface area contributed by atoms with Crippen LogP contribution in [-0.2, 0) is 21.2 Å². The van der Waals surface area contributed by atoms with Crippen molar-refractivity contribution < 1.29 is 17.9 Å². The molecular weight excluding hydrogens is 350 g/mol. The van der Waals surface area contributed by atoms with Crippen LogP contribution in [0.4, 0.5) is 0 Å². The van der Waals surface area contributed by atoms with Crippen LogP contribution in [0.3, 0.4) is 0 Å². The van der Waals surface area contributed by atoms with Crippen molar-refractivity contribution in [3.8, 4) is 0 Å². The van der Waals surface area contributed by atoms with Crippen LogP contribution in [0, 0.1) is 6.92 Å². The van der Waals surface area contributed by atoms with E-state index in [1.807, 2.05) is 12.1 Å². The Morgan fingerprint density at radius 3 is 2.42 bits per heavy atom. The molecule has 0 radical (unpaired) electrons. The van der Waals surface area contributed by atoms with E-state index < -0.39 is 16.0 Å². The predicted octanol–water partition coefficient (Wildman–Crippen LogP) is 2.96. The van der Waals surface area contributed by atoms with Crippen molar-refractivity contribution in [2.75, 3.05) is 13.7 Å². The highest BCUT2D eigenvalue weighted by Gasteiger charge is 2.18. The third-order valence-electron chi connectivity index (χ3n) is 3.50. The highest BCUT2D eigenvalue weighted by atomic mass is 35.5. The first-order valence-corrected chi connectivity index (χ1v) is 9.12. The fourth-order valence-electron chi connectivity index (χ4n) is 2.25. The van der Waals surface area contributed by atoms with Gasteiger partial charge in [-0.15, -0.1) is 0 Å². The number of nitrogens with one attached hydrogen (secondary N) is 1. The molecule has 0 atom stereocenters. The third-order valence-corrected chi connectivity index (χ3v) is 5.38. The lowest BCUT2D eigenvalue weighted by Crippen LogP contribution is -2.26. The van der Waals surface area contributed by atoms with Gasteiger partial charge in [0.05, 0.1) is 17.6 Å². The number of hydrogen-bond acceptors (Lipinski definition) is 4. The Balaban J connectivity index is 2.07. The standard InChI is InChI=1S/C17H18ClNO4S/c1-12-11-14(17(20)23-2)5-8-16(12)24(21,22)19-10-9-13-3-6-15(18)7-4-13/h3-8,11,19H,9-10H2,1-2H3. The van der Waals surface area contributed by atoms with Crippen LogP contribution in [0.15, 0.2) is 47.4 Å². The number of ether oxygens (including phenoxy) is 1. The zero-order valence-electron chi connectivity index (χ0n) is 13.4. The van der Waals surface area contributed by atoms with Crippen molar-refractivity contribution in [3.63, 3.8) is 0 Å². The second kappa shape index (κ2) is 7.79. The number of carbonyl (C=O) groups excluding carboxylic acids is 1. The SMILES string of the molecule is COC(=O)c1ccc(S(=O)(=O)NCCc2ccc(Cl)cc2)c(C)c1. The lowest BCUT2D eigenvalue weighted by atomic mass is 10.1. The molecule has 0 aliphatic rings. The molecule has 0 saturated heterocycles. The number of aryl methyl sites for hydroxylation is 1. The van der Waals surface area contributed by atoms with Crippen LogP contribution in [-0.4, -0.2) is 28.0 Å². The summed E-state index contributed by atoms with van der Waals surface area (Å²) < 4.78 is 32.0. The van der Waals surface area contributed by atoms with E-state index in [0.717, 1.165) is 5.56 Å². The maximum Gasteiger partial charge on any atom is 0.337 e. The van der Waals surface area contributed by atoms with Gasteiger partial charge in [-0.1, -0.05) is 23.7 Å². The number of halogens is 1. The van der Waals surface area contributed by atoms with E-state index in [2.05, 4.69) is 9.46 Å². The molecule has 0 fully saturated rings. The summed E-state index contributed by atoms with van der Waals surface area (Å²) in [5.41, 5.74) is 1.78. The van der Waals surface area contributed by atoms with E-state index in [0.29, 0.717) is 22.6 Å². The minimum absolute atomic E-state index is 0.145. The minimum Gasteiger partial charge on any atom is -0.465 e. The second-order valence-corrected chi connectivity index (χ2v) is 7.42. The Kier molecular flexibility index (Phi) is 5.99. The van der Waals surface area contributed by atoms with E-state index in [1.165, 1.54) is 25.3 Å². The smallest absolute Gasteiger partial charge is 0.337 e. The van der Waals surface area contributed by atoms with Crippen LogP contribution >= 0.6 is 11.6 Å². The predicted molar refractivity (Wildman–Crippen MR) is 92.9 cm³/mol. The molecule has 0 aromatic heterocycles. The van der Waals surface area contributed by atoms with Crippen LogP contribution < -0.4 is 4.72 Å². The molecule has 0 heterocycles. The van der Waals surface area contributed by atoms with Gasteiger partial charge < -0.3 is 4.74 Å². The number of hydrogen-bond donors (Lipinski definition) is 1. The minimum atomic E-state index is -3.65. The quantitative estimate of drug-likeness (QED) is 0.797. The van der Waals surface area contributed by atoms with Crippen molar-refractivity contribution in [2.45, 2.75) is 18.2 Å². The van der Waals surface area contributed by atoms with Gasteiger partial charge in [-0.05, 0) is 54.8 Å². The maximum atomic E-state index is 12.4. The Morgan fingerprint density at radius 1 is 1.17 bits per heavy atom. The average Bonchev–Trinajstić information content (AvgIpc) is 2.55.